The van der Waals surface area contributed by atoms with Crippen LogP contribution >= 0.6 is 0 Å². The molecule has 2 rings (SSSR count). The maximum absolute atomic E-state index is 10.6. The molecule has 0 spiro atoms. The number of hydrogen-bond donors (Lipinski definition) is 2. The summed E-state index contributed by atoms with van der Waals surface area (Å²) in [7, 11) is 0. The molecule has 5 heteroatoms. The number of nitrogens with two attached hydrogens (primary N) is 1. The first kappa shape index (κ1) is 9.67. The van der Waals surface area contributed by atoms with Crippen molar-refractivity contribution in [2.75, 3.05) is 0 Å². The quantitative estimate of drug-likeness (QED) is 0.762. The van der Waals surface area contributed by atoms with Crippen molar-refractivity contribution in [1.29, 1.82) is 0 Å². The maximum atomic E-state index is 10.6. The van der Waals surface area contributed by atoms with E-state index in [1.54, 1.807) is 10.9 Å². The van der Waals surface area contributed by atoms with Crippen LogP contribution in [0.5, 0.6) is 0 Å². The van der Waals surface area contributed by atoms with Gasteiger partial charge in [-0.3, -0.25) is 4.79 Å². The summed E-state index contributed by atoms with van der Waals surface area (Å²) in [5, 5.41) is 8.69. The summed E-state index contributed by atoms with van der Waals surface area (Å²) in [6.45, 7) is 0.232. The Morgan fingerprint density at radius 1 is 1.53 bits per heavy atom. The summed E-state index contributed by atoms with van der Waals surface area (Å²) in [6.07, 6.45) is 1.60. The molecule has 1 aromatic heterocycles. The fourth-order valence-electron chi connectivity index (χ4n) is 1.45. The van der Waals surface area contributed by atoms with Gasteiger partial charge in [0.25, 0.3) is 0 Å². The molecule has 0 aliphatic heterocycles. The molecule has 3 N–H and O–H groups in total. The number of aromatic nitrogens is 2. The van der Waals surface area contributed by atoms with Crippen LogP contribution in [0.15, 0.2) is 30.6 Å². The van der Waals surface area contributed by atoms with Crippen LogP contribution in [-0.4, -0.2) is 26.7 Å². The summed E-state index contributed by atoms with van der Waals surface area (Å²) in [5.74, 6) is -1.01. The molecule has 1 unspecified atom stereocenters. The van der Waals surface area contributed by atoms with Crippen molar-refractivity contribution in [2.45, 2.75) is 12.6 Å². The second-order valence-electron chi connectivity index (χ2n) is 3.33. The molecule has 0 bridgehead atoms. The fourth-order valence-corrected chi connectivity index (χ4v) is 1.45. The zero-order valence-electron chi connectivity index (χ0n) is 8.00. The van der Waals surface area contributed by atoms with Crippen LogP contribution in [0.3, 0.4) is 0 Å². The van der Waals surface area contributed by atoms with E-state index in [1.165, 1.54) is 0 Å². The van der Waals surface area contributed by atoms with Crippen LogP contribution < -0.4 is 5.73 Å². The van der Waals surface area contributed by atoms with Crippen molar-refractivity contribution in [3.05, 3.63) is 30.6 Å². The van der Waals surface area contributed by atoms with Gasteiger partial charge in [0, 0.05) is 0 Å². The topological polar surface area (TPSA) is 81.1 Å². The maximum Gasteiger partial charge on any atom is 0.322 e. The van der Waals surface area contributed by atoms with Gasteiger partial charge in [0.15, 0.2) is 0 Å². The average Bonchev–Trinajstić information content (AvgIpc) is 2.62. The van der Waals surface area contributed by atoms with E-state index in [4.69, 9.17) is 10.8 Å². The second kappa shape index (κ2) is 3.70. The molecule has 0 fully saturated rings. The molecule has 0 aliphatic carbocycles. The third kappa shape index (κ3) is 1.82. The fraction of sp³-hybridized carbons (Fsp3) is 0.200. The van der Waals surface area contributed by atoms with Gasteiger partial charge in [-0.25, -0.2) is 4.98 Å². The first-order chi connectivity index (χ1) is 7.18. The predicted octanol–water partition coefficient (Wildman–Crippen LogP) is 0.448. The van der Waals surface area contributed by atoms with Crippen molar-refractivity contribution in [1.82, 2.24) is 9.55 Å². The lowest BCUT2D eigenvalue weighted by Crippen LogP contribution is -2.34. The van der Waals surface area contributed by atoms with Crippen LogP contribution in [0.1, 0.15) is 0 Å². The standard InChI is InChI=1S/C10H11N3O2/c11-7(10(14)15)5-13-6-12-8-3-1-2-4-9(8)13/h1-4,6-7H,5,11H2,(H,14,15). The van der Waals surface area contributed by atoms with E-state index < -0.39 is 12.0 Å². The van der Waals surface area contributed by atoms with Gasteiger partial charge < -0.3 is 15.4 Å². The second-order valence-corrected chi connectivity index (χ2v) is 3.33. The lowest BCUT2D eigenvalue weighted by atomic mass is 10.3. The van der Waals surface area contributed by atoms with Gasteiger partial charge >= 0.3 is 5.97 Å². The minimum Gasteiger partial charge on any atom is -0.480 e. The zero-order chi connectivity index (χ0) is 10.8. The highest BCUT2D eigenvalue weighted by Gasteiger charge is 2.13. The number of imidazole rings is 1. The average molecular weight is 205 g/mol. The first-order valence-electron chi connectivity index (χ1n) is 4.57. The number of para-hydroxylation sites is 2. The van der Waals surface area contributed by atoms with E-state index in [0.717, 1.165) is 11.0 Å². The molecule has 5 nitrogen and oxygen atoms in total. The summed E-state index contributed by atoms with van der Waals surface area (Å²) in [5.41, 5.74) is 7.19. The van der Waals surface area contributed by atoms with Crippen LogP contribution in [-0.2, 0) is 11.3 Å². The van der Waals surface area contributed by atoms with Crippen LogP contribution in [0, 0.1) is 0 Å². The molecule has 1 heterocycles. The van der Waals surface area contributed by atoms with Gasteiger partial charge in [0.05, 0.1) is 23.9 Å². The Morgan fingerprint density at radius 2 is 2.27 bits per heavy atom. The smallest absolute Gasteiger partial charge is 0.322 e. The van der Waals surface area contributed by atoms with Crippen molar-refractivity contribution < 1.29 is 9.90 Å². The van der Waals surface area contributed by atoms with Gasteiger partial charge in [-0.2, -0.15) is 0 Å². The Labute approximate surface area is 86.1 Å². The van der Waals surface area contributed by atoms with Crippen LogP contribution in [0.2, 0.25) is 0 Å². The largest absolute Gasteiger partial charge is 0.480 e. The van der Waals surface area contributed by atoms with E-state index in [1.807, 2.05) is 24.3 Å². The molecule has 1 atom stereocenters. The molecule has 15 heavy (non-hydrogen) atoms. The number of aliphatic carboxylic acids is 1. The van der Waals surface area contributed by atoms with E-state index in [2.05, 4.69) is 4.98 Å². The highest BCUT2D eigenvalue weighted by molar-refractivity contribution is 5.76. The van der Waals surface area contributed by atoms with Crippen molar-refractivity contribution in [2.24, 2.45) is 5.73 Å². The molecular formula is C10H11N3O2. The van der Waals surface area contributed by atoms with Crippen molar-refractivity contribution >= 4 is 17.0 Å². The Balaban J connectivity index is 2.32. The van der Waals surface area contributed by atoms with Crippen molar-refractivity contribution in [3.8, 4) is 0 Å². The summed E-state index contributed by atoms with van der Waals surface area (Å²) in [6, 6.07) is 6.63. The molecule has 0 radical (unpaired) electrons. The molecule has 0 amide bonds. The summed E-state index contributed by atoms with van der Waals surface area (Å²) in [4.78, 5) is 14.7. The Morgan fingerprint density at radius 3 is 3.00 bits per heavy atom. The molecule has 0 saturated heterocycles. The van der Waals surface area contributed by atoms with Gasteiger partial charge in [-0.05, 0) is 12.1 Å². The third-order valence-electron chi connectivity index (χ3n) is 2.24. The number of rotatable bonds is 3. The normalized spacial score (nSPS) is 12.9. The summed E-state index contributed by atoms with van der Waals surface area (Å²) < 4.78 is 1.74. The predicted molar refractivity (Wildman–Crippen MR) is 55.3 cm³/mol. The highest BCUT2D eigenvalue weighted by Crippen LogP contribution is 2.11. The van der Waals surface area contributed by atoms with E-state index in [0.29, 0.717) is 0 Å². The highest BCUT2D eigenvalue weighted by atomic mass is 16.4. The lowest BCUT2D eigenvalue weighted by molar-refractivity contribution is -0.138. The minimum atomic E-state index is -1.01. The third-order valence-corrected chi connectivity index (χ3v) is 2.24. The molecular weight excluding hydrogens is 194 g/mol. The van der Waals surface area contributed by atoms with Crippen molar-refractivity contribution in [3.63, 3.8) is 0 Å². The zero-order valence-corrected chi connectivity index (χ0v) is 8.00. The van der Waals surface area contributed by atoms with E-state index in [9.17, 15) is 4.79 Å². The Hall–Kier alpha value is -1.88. The SMILES string of the molecule is NC(Cn1cnc2ccccc21)C(=O)O. The number of benzene rings is 1. The molecule has 0 saturated carbocycles. The summed E-state index contributed by atoms with van der Waals surface area (Å²) >= 11 is 0. The van der Waals surface area contributed by atoms with Gasteiger partial charge in [-0.1, -0.05) is 12.1 Å². The van der Waals surface area contributed by atoms with Crippen LogP contribution in [0.25, 0.3) is 11.0 Å². The van der Waals surface area contributed by atoms with E-state index in [-0.39, 0.29) is 6.54 Å². The number of hydrogen-bond acceptors (Lipinski definition) is 3. The monoisotopic (exact) mass is 205 g/mol. The lowest BCUT2D eigenvalue weighted by Gasteiger charge is -2.07. The Bertz CT molecular complexity index is 492. The number of carboxylic acids is 1. The van der Waals surface area contributed by atoms with Crippen LogP contribution in [0.4, 0.5) is 0 Å². The van der Waals surface area contributed by atoms with Gasteiger partial charge in [-0.15, -0.1) is 0 Å². The first-order valence-corrected chi connectivity index (χ1v) is 4.57. The molecule has 1 aromatic carbocycles. The van der Waals surface area contributed by atoms with Gasteiger partial charge in [0.1, 0.15) is 6.04 Å². The number of nitrogens with zero attached hydrogens (tertiary/aromatic N) is 2. The number of fused-ring (bicyclic) bond motifs is 1. The Kier molecular flexibility index (Phi) is 2.39. The van der Waals surface area contributed by atoms with Gasteiger partial charge in [0.2, 0.25) is 0 Å². The molecule has 78 valence electrons. The number of carbonyl (C=O) groups is 1. The molecule has 0 aliphatic rings. The minimum absolute atomic E-state index is 0.232. The molecule has 2 aromatic rings. The van der Waals surface area contributed by atoms with E-state index >= 15 is 0 Å². The number of carboxylic acid groups (broad SMARTS) is 1.